The number of thiophene rings is 1. The van der Waals surface area contributed by atoms with Gasteiger partial charge >= 0.3 is 0 Å². The first-order valence-corrected chi connectivity index (χ1v) is 17.4. The fourth-order valence-corrected chi connectivity index (χ4v) is 7.18. The van der Waals surface area contributed by atoms with Crippen molar-refractivity contribution in [1.82, 2.24) is 14.8 Å². The Kier molecular flexibility index (Phi) is 12.0. The van der Waals surface area contributed by atoms with Crippen molar-refractivity contribution >= 4 is 38.9 Å². The molecule has 0 aliphatic carbocycles. The molecule has 0 radical (unpaired) electrons. The van der Waals surface area contributed by atoms with Gasteiger partial charge < -0.3 is 24.4 Å². The lowest BCUT2D eigenvalue weighted by molar-refractivity contribution is -0.0149. The van der Waals surface area contributed by atoms with Crippen LogP contribution in [0.15, 0.2) is 64.4 Å². The number of rotatable bonds is 8. The first kappa shape index (κ1) is 34.4. The number of benzene rings is 1. The molecule has 0 saturated heterocycles. The Morgan fingerprint density at radius 2 is 1.96 bits per heavy atom. The summed E-state index contributed by atoms with van der Waals surface area (Å²) in [6, 6.07) is 10.6. The number of carbonyl (C=O) groups excluding carboxylic acids is 2. The Morgan fingerprint density at radius 1 is 1.20 bits per heavy atom. The van der Waals surface area contributed by atoms with E-state index in [1.54, 1.807) is 71.9 Å². The molecule has 0 bridgehead atoms. The number of sulfonamides is 1. The summed E-state index contributed by atoms with van der Waals surface area (Å²) >= 11 is 1.09. The molecule has 2 amide bonds. The molecule has 4 rings (SSSR count). The maximum atomic E-state index is 14.3. The number of carbonyl (C=O) groups is 2. The summed E-state index contributed by atoms with van der Waals surface area (Å²) in [6.07, 6.45) is 4.83. The number of fused-ring (bicyclic) bond motifs is 1. The van der Waals surface area contributed by atoms with E-state index >= 15 is 0 Å². The lowest BCUT2D eigenvalue weighted by Crippen LogP contribution is -2.48. The van der Waals surface area contributed by atoms with Gasteiger partial charge in [0.05, 0.1) is 30.4 Å². The molecule has 244 valence electrons. The van der Waals surface area contributed by atoms with E-state index in [1.165, 1.54) is 12.1 Å². The Balaban J connectivity index is 1.65. The molecule has 4 atom stereocenters. The van der Waals surface area contributed by atoms with Crippen LogP contribution in [0.1, 0.15) is 60.7 Å². The number of hydrogen-bond acceptors (Lipinski definition) is 9. The highest BCUT2D eigenvalue weighted by Crippen LogP contribution is 2.30. The van der Waals surface area contributed by atoms with E-state index in [-0.39, 0.29) is 46.5 Å². The standard InChI is InChI=1S/C32H42N4O7S2/c1-22-19-36(23(2)21-37)32(39)27-18-26(34-45(40,41)30-9-7-17-44-30)10-11-28(27)43-24(3)8-5-6-16-42-29(22)20-35(4)31(38)25-12-14-33-15-13-25/h7,9-15,17-18,22-24,29,34,37H,5-6,8,16,19-21H2,1-4H3/t22-,23+,24+,29+/m1/s1. The normalized spacial score (nSPS) is 20.8. The van der Waals surface area contributed by atoms with Gasteiger partial charge in [0.1, 0.15) is 9.96 Å². The molecule has 2 N–H and O–H groups in total. The van der Waals surface area contributed by atoms with Crippen LogP contribution in [-0.4, -0.2) is 91.7 Å². The third-order valence-electron chi connectivity index (χ3n) is 7.79. The second-order valence-corrected chi connectivity index (χ2v) is 14.3. The number of hydrogen-bond donors (Lipinski definition) is 2. The molecular formula is C32H42N4O7S2. The molecule has 0 fully saturated rings. The number of aliphatic hydroxyl groups excluding tert-OH is 1. The number of amides is 2. The minimum atomic E-state index is -3.85. The van der Waals surface area contributed by atoms with Crippen LogP contribution in [0.25, 0.3) is 0 Å². The number of nitrogens with zero attached hydrogens (tertiary/aromatic N) is 3. The Morgan fingerprint density at radius 3 is 2.64 bits per heavy atom. The van der Waals surface area contributed by atoms with Crippen LogP contribution in [0, 0.1) is 5.92 Å². The zero-order chi connectivity index (χ0) is 32.6. The van der Waals surface area contributed by atoms with Crippen LogP contribution in [0.4, 0.5) is 5.69 Å². The first-order valence-electron chi connectivity index (χ1n) is 15.1. The summed E-state index contributed by atoms with van der Waals surface area (Å²) in [5.41, 5.74) is 0.915. The predicted molar refractivity (Wildman–Crippen MR) is 173 cm³/mol. The third kappa shape index (κ3) is 9.03. The molecular weight excluding hydrogens is 617 g/mol. The van der Waals surface area contributed by atoms with Gasteiger partial charge in [-0.15, -0.1) is 11.3 Å². The largest absolute Gasteiger partial charge is 0.490 e. The van der Waals surface area contributed by atoms with Crippen molar-refractivity contribution in [1.29, 1.82) is 0 Å². The second kappa shape index (κ2) is 15.7. The van der Waals surface area contributed by atoms with Crippen LogP contribution in [0.2, 0.25) is 0 Å². The van der Waals surface area contributed by atoms with E-state index in [0.29, 0.717) is 30.9 Å². The van der Waals surface area contributed by atoms with E-state index in [9.17, 15) is 23.1 Å². The van der Waals surface area contributed by atoms with Crippen LogP contribution in [0.3, 0.4) is 0 Å². The zero-order valence-electron chi connectivity index (χ0n) is 26.1. The highest BCUT2D eigenvalue weighted by molar-refractivity contribution is 7.94. The Bertz CT molecular complexity index is 1520. The van der Waals surface area contributed by atoms with Crippen LogP contribution in [-0.2, 0) is 14.8 Å². The van der Waals surface area contributed by atoms with Crippen molar-refractivity contribution in [3.63, 3.8) is 0 Å². The number of ether oxygens (including phenoxy) is 2. The molecule has 1 aliphatic heterocycles. The maximum absolute atomic E-state index is 14.3. The van der Waals surface area contributed by atoms with Gasteiger partial charge in [0, 0.05) is 56.3 Å². The first-order chi connectivity index (χ1) is 21.5. The van der Waals surface area contributed by atoms with E-state index in [4.69, 9.17) is 9.47 Å². The molecule has 0 saturated carbocycles. The van der Waals surface area contributed by atoms with Crippen LogP contribution >= 0.6 is 11.3 Å². The molecule has 3 heterocycles. The number of aliphatic hydroxyl groups is 1. The SMILES string of the molecule is C[C@@H]1CN([C@@H](C)CO)C(=O)c2cc(NS(=O)(=O)c3cccs3)ccc2O[C@@H](C)CCCCO[C@H]1CN(C)C(=O)c1ccncc1. The smallest absolute Gasteiger partial charge is 0.271 e. The zero-order valence-corrected chi connectivity index (χ0v) is 27.7. The molecule has 3 aromatic rings. The van der Waals surface area contributed by atoms with Crippen molar-refractivity contribution in [3.8, 4) is 5.75 Å². The van der Waals surface area contributed by atoms with E-state index in [1.807, 2.05) is 13.8 Å². The molecule has 0 spiro atoms. The number of likely N-dealkylation sites (N-methyl/N-ethyl adjacent to an activating group) is 1. The van der Waals surface area contributed by atoms with Crippen LogP contribution in [0.5, 0.6) is 5.75 Å². The van der Waals surface area contributed by atoms with E-state index in [2.05, 4.69) is 9.71 Å². The molecule has 1 aromatic carbocycles. The van der Waals surface area contributed by atoms with Gasteiger partial charge in [-0.3, -0.25) is 19.3 Å². The van der Waals surface area contributed by atoms with Gasteiger partial charge in [0.2, 0.25) is 0 Å². The topological polar surface area (TPSA) is 138 Å². The molecule has 1 aliphatic rings. The summed E-state index contributed by atoms with van der Waals surface area (Å²) < 4.78 is 41.2. The molecule has 2 aromatic heterocycles. The Hall–Kier alpha value is -3.52. The molecule has 0 unspecified atom stereocenters. The quantitative estimate of drug-likeness (QED) is 0.361. The third-order valence-corrected chi connectivity index (χ3v) is 10.6. The minimum absolute atomic E-state index is 0.154. The van der Waals surface area contributed by atoms with Gasteiger partial charge in [0.15, 0.2) is 0 Å². The average Bonchev–Trinajstić information content (AvgIpc) is 3.59. The minimum Gasteiger partial charge on any atom is -0.490 e. The van der Waals surface area contributed by atoms with Crippen LogP contribution < -0.4 is 9.46 Å². The summed E-state index contributed by atoms with van der Waals surface area (Å²) in [4.78, 5) is 34.6. The predicted octanol–water partition coefficient (Wildman–Crippen LogP) is 4.51. The maximum Gasteiger partial charge on any atom is 0.271 e. The molecule has 13 heteroatoms. The van der Waals surface area contributed by atoms with Crippen molar-refractivity contribution in [2.24, 2.45) is 5.92 Å². The van der Waals surface area contributed by atoms with Crippen molar-refractivity contribution in [2.75, 3.05) is 38.1 Å². The fraction of sp³-hybridized carbons (Fsp3) is 0.469. The second-order valence-electron chi connectivity index (χ2n) is 11.5. The van der Waals surface area contributed by atoms with E-state index < -0.39 is 28.1 Å². The summed E-state index contributed by atoms with van der Waals surface area (Å²) in [7, 11) is -2.13. The van der Waals surface area contributed by atoms with Crippen molar-refractivity contribution in [3.05, 3.63) is 71.4 Å². The number of nitrogens with one attached hydrogen (secondary N) is 1. The monoisotopic (exact) mass is 658 g/mol. The Labute approximate surface area is 269 Å². The van der Waals surface area contributed by atoms with Gasteiger partial charge in [-0.25, -0.2) is 8.42 Å². The molecule has 45 heavy (non-hydrogen) atoms. The number of pyridine rings is 1. The van der Waals surface area contributed by atoms with Gasteiger partial charge in [-0.1, -0.05) is 13.0 Å². The van der Waals surface area contributed by atoms with Gasteiger partial charge in [-0.05, 0) is 74.9 Å². The summed E-state index contributed by atoms with van der Waals surface area (Å²) in [6.45, 7) is 6.32. The molecule has 11 nitrogen and oxygen atoms in total. The lowest BCUT2D eigenvalue weighted by atomic mass is 10.0. The van der Waals surface area contributed by atoms with Gasteiger partial charge in [-0.2, -0.15) is 0 Å². The number of aromatic nitrogens is 1. The highest BCUT2D eigenvalue weighted by atomic mass is 32.2. The van der Waals surface area contributed by atoms with Crippen molar-refractivity contribution in [2.45, 2.75) is 62.5 Å². The fourth-order valence-electron chi connectivity index (χ4n) is 5.14. The average molecular weight is 659 g/mol. The van der Waals surface area contributed by atoms with Gasteiger partial charge in [0.25, 0.3) is 21.8 Å². The summed E-state index contributed by atoms with van der Waals surface area (Å²) in [5.74, 6) is -0.481. The number of anilines is 1. The van der Waals surface area contributed by atoms with Crippen molar-refractivity contribution < 1.29 is 32.6 Å². The highest BCUT2D eigenvalue weighted by Gasteiger charge is 2.31. The summed E-state index contributed by atoms with van der Waals surface area (Å²) in [5, 5.41) is 11.8. The lowest BCUT2D eigenvalue weighted by Gasteiger charge is -2.36. The van der Waals surface area contributed by atoms with E-state index in [0.717, 1.165) is 24.2 Å².